The zero-order valence-electron chi connectivity index (χ0n) is 17.2. The van der Waals surface area contributed by atoms with Gasteiger partial charge in [-0.05, 0) is 45.7 Å². The number of amidine groups is 1. The Morgan fingerprint density at radius 1 is 1.20 bits per heavy atom. The second kappa shape index (κ2) is 7.45. The monoisotopic (exact) mass is 424 g/mol. The van der Waals surface area contributed by atoms with E-state index >= 15 is 0 Å². The van der Waals surface area contributed by atoms with Crippen LogP contribution in [0.5, 0.6) is 0 Å². The molecule has 9 heteroatoms. The SMILES string of the molecule is Cc1nc(C(C)(C)N)cnc1C1CC(C(N)=Nc2nc(N)nc3c(Cl)cccc23)C1. The molecule has 1 aromatic carbocycles. The number of benzene rings is 1. The lowest BCUT2D eigenvalue weighted by Gasteiger charge is -2.35. The van der Waals surface area contributed by atoms with Gasteiger partial charge >= 0.3 is 0 Å². The predicted molar refractivity (Wildman–Crippen MR) is 120 cm³/mol. The Kier molecular flexibility index (Phi) is 5.07. The van der Waals surface area contributed by atoms with Gasteiger partial charge in [0.2, 0.25) is 5.95 Å². The molecule has 0 saturated heterocycles. The van der Waals surface area contributed by atoms with Gasteiger partial charge in [-0.25, -0.2) is 9.98 Å². The molecule has 0 aliphatic heterocycles. The van der Waals surface area contributed by atoms with E-state index < -0.39 is 5.54 Å². The highest BCUT2D eigenvalue weighted by Crippen LogP contribution is 2.42. The van der Waals surface area contributed by atoms with E-state index in [0.29, 0.717) is 28.1 Å². The molecule has 1 aliphatic carbocycles. The van der Waals surface area contributed by atoms with Gasteiger partial charge < -0.3 is 17.2 Å². The molecule has 156 valence electrons. The molecule has 3 aromatic rings. The second-order valence-electron chi connectivity index (χ2n) is 8.39. The molecule has 1 aliphatic rings. The molecule has 1 saturated carbocycles. The highest BCUT2D eigenvalue weighted by Gasteiger charge is 2.35. The number of hydrogen-bond acceptors (Lipinski definition) is 7. The van der Waals surface area contributed by atoms with Crippen molar-refractivity contribution in [2.75, 3.05) is 5.73 Å². The Hall–Kier alpha value is -2.84. The third kappa shape index (κ3) is 3.80. The lowest BCUT2D eigenvalue weighted by molar-refractivity contribution is 0.333. The fourth-order valence-corrected chi connectivity index (χ4v) is 3.92. The molecule has 0 unspecified atom stereocenters. The van der Waals surface area contributed by atoms with Gasteiger partial charge in [-0.1, -0.05) is 17.7 Å². The van der Waals surface area contributed by atoms with Crippen molar-refractivity contribution in [3.63, 3.8) is 0 Å². The van der Waals surface area contributed by atoms with Crippen molar-refractivity contribution >= 4 is 40.1 Å². The number of hydrogen-bond donors (Lipinski definition) is 3. The minimum atomic E-state index is -0.513. The van der Waals surface area contributed by atoms with Crippen LogP contribution < -0.4 is 17.2 Å². The maximum absolute atomic E-state index is 6.31. The summed E-state index contributed by atoms with van der Waals surface area (Å²) in [5.74, 6) is 1.52. The van der Waals surface area contributed by atoms with E-state index in [4.69, 9.17) is 28.8 Å². The number of anilines is 1. The van der Waals surface area contributed by atoms with Gasteiger partial charge in [-0.3, -0.25) is 9.97 Å². The summed E-state index contributed by atoms with van der Waals surface area (Å²) < 4.78 is 0. The van der Waals surface area contributed by atoms with Crippen LogP contribution in [-0.4, -0.2) is 25.8 Å². The first-order chi connectivity index (χ1) is 14.1. The van der Waals surface area contributed by atoms with Gasteiger partial charge in [-0.15, -0.1) is 0 Å². The van der Waals surface area contributed by atoms with Crippen LogP contribution >= 0.6 is 11.6 Å². The van der Waals surface area contributed by atoms with E-state index in [2.05, 4.69) is 24.9 Å². The Bertz CT molecular complexity index is 1150. The van der Waals surface area contributed by atoms with Gasteiger partial charge in [0.05, 0.1) is 39.4 Å². The van der Waals surface area contributed by atoms with E-state index in [0.717, 1.165) is 35.3 Å². The number of para-hydroxylation sites is 1. The van der Waals surface area contributed by atoms with Gasteiger partial charge in [0.15, 0.2) is 5.82 Å². The Morgan fingerprint density at radius 3 is 2.60 bits per heavy atom. The first-order valence-electron chi connectivity index (χ1n) is 9.82. The van der Waals surface area contributed by atoms with E-state index in [9.17, 15) is 0 Å². The summed E-state index contributed by atoms with van der Waals surface area (Å²) in [6, 6.07) is 5.44. The Labute approximate surface area is 180 Å². The van der Waals surface area contributed by atoms with Crippen LogP contribution in [0.25, 0.3) is 10.9 Å². The summed E-state index contributed by atoms with van der Waals surface area (Å²) in [5.41, 5.74) is 21.0. The summed E-state index contributed by atoms with van der Waals surface area (Å²) in [6.45, 7) is 5.81. The van der Waals surface area contributed by atoms with Crippen LogP contribution in [0.1, 0.15) is 49.7 Å². The van der Waals surface area contributed by atoms with Crippen LogP contribution in [0.2, 0.25) is 5.02 Å². The highest BCUT2D eigenvalue weighted by atomic mass is 35.5. The molecule has 0 radical (unpaired) electrons. The molecule has 2 heterocycles. The van der Waals surface area contributed by atoms with Crippen molar-refractivity contribution in [1.82, 2.24) is 19.9 Å². The number of nitrogens with zero attached hydrogens (tertiary/aromatic N) is 5. The molecule has 0 bridgehead atoms. The van der Waals surface area contributed by atoms with Gasteiger partial charge in [0.1, 0.15) is 5.84 Å². The predicted octanol–water partition coefficient (Wildman–Crippen LogP) is 3.34. The first kappa shape index (κ1) is 20.4. The largest absolute Gasteiger partial charge is 0.387 e. The highest BCUT2D eigenvalue weighted by molar-refractivity contribution is 6.35. The summed E-state index contributed by atoms with van der Waals surface area (Å²) in [4.78, 5) is 22.3. The van der Waals surface area contributed by atoms with Crippen molar-refractivity contribution < 1.29 is 0 Å². The van der Waals surface area contributed by atoms with Crippen LogP contribution in [0.15, 0.2) is 29.4 Å². The standard InChI is InChI=1S/C21H25ClN8/c1-10-16(26-9-15(27-10)21(2,3)25)11-7-12(8-11)18(23)29-19-13-5-4-6-14(22)17(13)28-20(24)30-19/h4-6,9,11-12H,7-8,25H2,1-3H3,(H4,23,24,28,29,30). The fraction of sp³-hybridized carbons (Fsp3) is 0.381. The van der Waals surface area contributed by atoms with Crippen LogP contribution in [-0.2, 0) is 5.54 Å². The molecular formula is C21H25ClN8. The quantitative estimate of drug-likeness (QED) is 0.430. The van der Waals surface area contributed by atoms with Crippen molar-refractivity contribution in [2.24, 2.45) is 22.4 Å². The summed E-state index contributed by atoms with van der Waals surface area (Å²) in [7, 11) is 0. The molecule has 0 spiro atoms. The Morgan fingerprint density at radius 2 is 1.93 bits per heavy atom. The number of halogens is 1. The maximum Gasteiger partial charge on any atom is 0.222 e. The summed E-state index contributed by atoms with van der Waals surface area (Å²) in [6.07, 6.45) is 3.48. The zero-order chi connectivity index (χ0) is 21.6. The number of rotatable bonds is 4. The number of aliphatic imine (C=N–C) groups is 1. The minimum Gasteiger partial charge on any atom is -0.387 e. The number of fused-ring (bicyclic) bond motifs is 1. The number of nitrogen functional groups attached to an aromatic ring is 1. The average Bonchev–Trinajstić information content (AvgIpc) is 2.62. The lowest BCUT2D eigenvalue weighted by atomic mass is 9.72. The minimum absolute atomic E-state index is 0.113. The van der Waals surface area contributed by atoms with Gasteiger partial charge in [-0.2, -0.15) is 4.98 Å². The summed E-state index contributed by atoms with van der Waals surface area (Å²) >= 11 is 6.23. The smallest absolute Gasteiger partial charge is 0.222 e. The Balaban J connectivity index is 1.54. The maximum atomic E-state index is 6.31. The van der Waals surface area contributed by atoms with E-state index in [-0.39, 0.29) is 11.9 Å². The van der Waals surface area contributed by atoms with E-state index in [1.54, 1.807) is 12.3 Å². The lowest BCUT2D eigenvalue weighted by Crippen LogP contribution is -2.35. The van der Waals surface area contributed by atoms with Crippen molar-refractivity contribution in [1.29, 1.82) is 0 Å². The zero-order valence-corrected chi connectivity index (χ0v) is 18.0. The molecule has 0 amide bonds. The molecule has 6 N–H and O–H groups in total. The van der Waals surface area contributed by atoms with E-state index in [1.807, 2.05) is 32.9 Å². The van der Waals surface area contributed by atoms with Crippen LogP contribution in [0.4, 0.5) is 11.8 Å². The molecule has 1 fully saturated rings. The normalized spacial score (nSPS) is 19.7. The average molecular weight is 425 g/mol. The molecular weight excluding hydrogens is 400 g/mol. The molecule has 4 rings (SSSR count). The van der Waals surface area contributed by atoms with Crippen molar-refractivity contribution in [3.8, 4) is 0 Å². The fourth-order valence-electron chi connectivity index (χ4n) is 3.70. The molecule has 2 aromatic heterocycles. The second-order valence-corrected chi connectivity index (χ2v) is 8.80. The first-order valence-corrected chi connectivity index (χ1v) is 10.2. The number of nitrogens with two attached hydrogens (primary N) is 3. The van der Waals surface area contributed by atoms with Gasteiger partial charge in [0, 0.05) is 17.2 Å². The third-order valence-electron chi connectivity index (χ3n) is 5.50. The molecule has 30 heavy (non-hydrogen) atoms. The van der Waals surface area contributed by atoms with Crippen molar-refractivity contribution in [3.05, 3.63) is 46.5 Å². The number of aromatic nitrogens is 4. The van der Waals surface area contributed by atoms with Crippen LogP contribution in [0.3, 0.4) is 0 Å². The molecule has 8 nitrogen and oxygen atoms in total. The van der Waals surface area contributed by atoms with Crippen molar-refractivity contribution in [2.45, 2.75) is 45.1 Å². The molecule has 0 atom stereocenters. The van der Waals surface area contributed by atoms with E-state index in [1.165, 1.54) is 0 Å². The topological polar surface area (TPSA) is 142 Å². The number of aryl methyl sites for hydroxylation is 1. The third-order valence-corrected chi connectivity index (χ3v) is 5.80. The van der Waals surface area contributed by atoms with Gasteiger partial charge in [0.25, 0.3) is 0 Å². The van der Waals surface area contributed by atoms with Crippen LogP contribution in [0, 0.1) is 12.8 Å². The summed E-state index contributed by atoms with van der Waals surface area (Å²) in [5, 5.41) is 1.22.